The van der Waals surface area contributed by atoms with Crippen molar-refractivity contribution in [1.29, 1.82) is 0 Å². The van der Waals surface area contributed by atoms with Crippen LogP contribution in [0.1, 0.15) is 53.4 Å². The Balaban J connectivity index is 1.80. The zero-order valence-corrected chi connectivity index (χ0v) is 12.1. The van der Waals surface area contributed by atoms with Crippen molar-refractivity contribution < 1.29 is 14.0 Å². The second-order valence-electron chi connectivity index (χ2n) is 6.28. The topological polar surface area (TPSA) is 27.7 Å². The summed E-state index contributed by atoms with van der Waals surface area (Å²) in [7, 11) is -0.224. The van der Waals surface area contributed by atoms with E-state index in [2.05, 4.69) is 33.8 Å². The Labute approximate surface area is 111 Å². The molecule has 0 aliphatic carbocycles. The van der Waals surface area contributed by atoms with Crippen LogP contribution in [0.15, 0.2) is 12.1 Å². The molecule has 0 amide bonds. The lowest BCUT2D eigenvalue weighted by atomic mass is 9.89. The van der Waals surface area contributed by atoms with E-state index in [4.69, 9.17) is 14.0 Å². The van der Waals surface area contributed by atoms with Crippen molar-refractivity contribution in [1.82, 2.24) is 0 Å². The second-order valence-corrected chi connectivity index (χ2v) is 6.28. The molecule has 2 fully saturated rings. The Hall–Kier alpha value is -0.315. The van der Waals surface area contributed by atoms with Crippen molar-refractivity contribution in [3.8, 4) is 0 Å². The Morgan fingerprint density at radius 1 is 1.11 bits per heavy atom. The third kappa shape index (κ3) is 3.17. The highest BCUT2D eigenvalue weighted by molar-refractivity contribution is 6.51. The summed E-state index contributed by atoms with van der Waals surface area (Å²) in [6, 6.07) is 0. The van der Waals surface area contributed by atoms with Gasteiger partial charge in [0.2, 0.25) is 0 Å². The van der Waals surface area contributed by atoms with Gasteiger partial charge < -0.3 is 14.0 Å². The lowest BCUT2D eigenvalue weighted by molar-refractivity contribution is 0.00578. The van der Waals surface area contributed by atoms with Gasteiger partial charge in [0.25, 0.3) is 0 Å². The largest absolute Gasteiger partial charge is 0.486 e. The molecule has 0 saturated carbocycles. The van der Waals surface area contributed by atoms with E-state index in [0.717, 1.165) is 13.0 Å². The summed E-state index contributed by atoms with van der Waals surface area (Å²) < 4.78 is 17.5. The Kier molecular flexibility index (Phi) is 4.20. The van der Waals surface area contributed by atoms with Crippen LogP contribution in [0, 0.1) is 0 Å². The molecular weight excluding hydrogens is 227 g/mol. The first kappa shape index (κ1) is 14.1. The molecule has 18 heavy (non-hydrogen) atoms. The molecule has 4 heteroatoms. The van der Waals surface area contributed by atoms with Crippen LogP contribution in [-0.4, -0.2) is 31.0 Å². The maximum Gasteiger partial charge on any atom is 0.486 e. The van der Waals surface area contributed by atoms with E-state index in [0.29, 0.717) is 6.10 Å². The maximum atomic E-state index is 5.90. The van der Waals surface area contributed by atoms with Gasteiger partial charge in [-0.3, -0.25) is 0 Å². The van der Waals surface area contributed by atoms with Gasteiger partial charge in [-0.05, 0) is 53.4 Å². The number of ether oxygens (including phenoxy) is 1. The molecule has 0 spiro atoms. The molecule has 3 nitrogen and oxygen atoms in total. The molecule has 2 saturated heterocycles. The van der Waals surface area contributed by atoms with E-state index in [1.165, 1.54) is 19.3 Å². The zero-order valence-electron chi connectivity index (χ0n) is 12.1. The van der Waals surface area contributed by atoms with Crippen LogP contribution in [-0.2, 0) is 14.0 Å². The first-order valence-corrected chi connectivity index (χ1v) is 7.05. The van der Waals surface area contributed by atoms with E-state index in [1.54, 1.807) is 0 Å². The van der Waals surface area contributed by atoms with Crippen molar-refractivity contribution >= 4 is 7.12 Å². The van der Waals surface area contributed by atoms with Crippen molar-refractivity contribution in [3.05, 3.63) is 12.1 Å². The van der Waals surface area contributed by atoms with E-state index >= 15 is 0 Å². The molecule has 0 aromatic heterocycles. The highest BCUT2D eigenvalue weighted by Crippen LogP contribution is 2.36. The van der Waals surface area contributed by atoms with Crippen LogP contribution < -0.4 is 0 Å². The van der Waals surface area contributed by atoms with Crippen LogP contribution in [0.5, 0.6) is 0 Å². The molecule has 0 N–H and O–H groups in total. The Morgan fingerprint density at radius 3 is 2.33 bits per heavy atom. The van der Waals surface area contributed by atoms with Crippen LogP contribution in [0.3, 0.4) is 0 Å². The van der Waals surface area contributed by atoms with Crippen molar-refractivity contribution in [2.24, 2.45) is 0 Å². The molecule has 2 rings (SSSR count). The Morgan fingerprint density at radius 2 is 1.78 bits per heavy atom. The molecule has 1 unspecified atom stereocenters. The van der Waals surface area contributed by atoms with Crippen molar-refractivity contribution in [2.45, 2.75) is 70.7 Å². The molecule has 2 heterocycles. The molecule has 0 aromatic carbocycles. The minimum absolute atomic E-state index is 0.224. The third-order valence-corrected chi connectivity index (χ3v) is 4.24. The molecule has 102 valence electrons. The molecule has 0 bridgehead atoms. The summed E-state index contributed by atoms with van der Waals surface area (Å²) in [6.07, 6.45) is 7.15. The molecular formula is C14H25BO3. The summed E-state index contributed by atoms with van der Waals surface area (Å²) >= 11 is 0. The lowest BCUT2D eigenvalue weighted by Gasteiger charge is -2.32. The van der Waals surface area contributed by atoms with E-state index < -0.39 is 0 Å². The fraction of sp³-hybridized carbons (Fsp3) is 0.857. The van der Waals surface area contributed by atoms with Gasteiger partial charge in [-0.15, -0.1) is 0 Å². The van der Waals surface area contributed by atoms with E-state index in [-0.39, 0.29) is 18.3 Å². The van der Waals surface area contributed by atoms with E-state index in [9.17, 15) is 0 Å². The van der Waals surface area contributed by atoms with Crippen molar-refractivity contribution in [2.75, 3.05) is 6.61 Å². The predicted octanol–water partition coefficient (Wildman–Crippen LogP) is 3.13. The van der Waals surface area contributed by atoms with Gasteiger partial charge in [0.15, 0.2) is 0 Å². The highest BCUT2D eigenvalue weighted by Gasteiger charge is 2.49. The number of hydrogen-bond acceptors (Lipinski definition) is 3. The van der Waals surface area contributed by atoms with E-state index in [1.807, 2.05) is 5.98 Å². The molecule has 0 radical (unpaired) electrons. The molecule has 2 aliphatic rings. The fourth-order valence-electron chi connectivity index (χ4n) is 2.30. The summed E-state index contributed by atoms with van der Waals surface area (Å²) in [4.78, 5) is 0. The normalized spacial score (nSPS) is 31.1. The van der Waals surface area contributed by atoms with Crippen LogP contribution in [0.25, 0.3) is 0 Å². The maximum absolute atomic E-state index is 5.90. The van der Waals surface area contributed by atoms with Gasteiger partial charge in [-0.1, -0.05) is 12.1 Å². The van der Waals surface area contributed by atoms with Crippen LogP contribution in [0.2, 0.25) is 0 Å². The average molecular weight is 252 g/mol. The summed E-state index contributed by atoms with van der Waals surface area (Å²) in [5, 5.41) is 0. The summed E-state index contributed by atoms with van der Waals surface area (Å²) in [5.41, 5.74) is -0.493. The first-order valence-electron chi connectivity index (χ1n) is 7.05. The van der Waals surface area contributed by atoms with Crippen LogP contribution in [0.4, 0.5) is 0 Å². The van der Waals surface area contributed by atoms with Gasteiger partial charge in [-0.2, -0.15) is 0 Å². The van der Waals surface area contributed by atoms with Gasteiger partial charge in [-0.25, -0.2) is 0 Å². The van der Waals surface area contributed by atoms with Crippen LogP contribution >= 0.6 is 0 Å². The standard InChI is InChI=1S/C14H25BO3/c1-13(2)14(3,4)18-15(17-13)10-7-9-12-8-5-6-11-16-12/h7,10,12H,5-6,8-9,11H2,1-4H3/b10-7+. The molecule has 0 aromatic rings. The van der Waals surface area contributed by atoms with Gasteiger partial charge in [0, 0.05) is 6.61 Å². The second kappa shape index (κ2) is 5.36. The summed E-state index contributed by atoms with van der Waals surface area (Å²) in [6.45, 7) is 9.21. The van der Waals surface area contributed by atoms with Gasteiger partial charge >= 0.3 is 7.12 Å². The minimum atomic E-state index is -0.247. The lowest BCUT2D eigenvalue weighted by Crippen LogP contribution is -2.41. The average Bonchev–Trinajstić information content (AvgIpc) is 2.49. The highest BCUT2D eigenvalue weighted by atomic mass is 16.7. The number of hydrogen-bond donors (Lipinski definition) is 0. The Bertz CT molecular complexity index is 290. The smallest absolute Gasteiger partial charge is 0.400 e. The van der Waals surface area contributed by atoms with Gasteiger partial charge in [0.1, 0.15) is 0 Å². The first-order chi connectivity index (χ1) is 8.41. The number of rotatable bonds is 3. The predicted molar refractivity (Wildman–Crippen MR) is 73.4 cm³/mol. The third-order valence-electron chi connectivity index (χ3n) is 4.24. The molecule has 2 aliphatic heterocycles. The summed E-state index contributed by atoms with van der Waals surface area (Å²) in [5.74, 6) is 2.02. The zero-order chi connectivity index (χ0) is 13.2. The van der Waals surface area contributed by atoms with Gasteiger partial charge in [0.05, 0.1) is 17.3 Å². The van der Waals surface area contributed by atoms with Crippen molar-refractivity contribution in [3.63, 3.8) is 0 Å². The minimum Gasteiger partial charge on any atom is -0.400 e. The quantitative estimate of drug-likeness (QED) is 0.722. The SMILES string of the molecule is CC1(C)OB(/C=C/CC2CCCCO2)OC1(C)C. The fourth-order valence-corrected chi connectivity index (χ4v) is 2.30. The molecule has 1 atom stereocenters. The monoisotopic (exact) mass is 252 g/mol.